The van der Waals surface area contributed by atoms with E-state index in [-0.39, 0.29) is 0 Å². The smallest absolute Gasteiger partial charge is 0.217 e. The van der Waals surface area contributed by atoms with Crippen LogP contribution in [0.5, 0.6) is 5.88 Å². The van der Waals surface area contributed by atoms with Gasteiger partial charge >= 0.3 is 0 Å². The molecule has 0 fully saturated rings. The van der Waals surface area contributed by atoms with Gasteiger partial charge in [0.2, 0.25) is 5.88 Å². The van der Waals surface area contributed by atoms with Crippen LogP contribution in [0.2, 0.25) is 0 Å². The van der Waals surface area contributed by atoms with Gasteiger partial charge in [-0.05, 0) is 25.6 Å². The second-order valence-corrected chi connectivity index (χ2v) is 4.28. The number of ether oxygens (including phenoxy) is 1. The maximum Gasteiger partial charge on any atom is 0.217 e. The van der Waals surface area contributed by atoms with E-state index < -0.39 is 0 Å². The molecule has 1 heterocycles. The Hall–Kier alpha value is -1.13. The molecule has 0 aliphatic rings. The number of pyridine rings is 1. The molecule has 0 aliphatic carbocycles. The molecular weight excluding hydrogens is 226 g/mol. The van der Waals surface area contributed by atoms with Crippen molar-refractivity contribution in [2.24, 2.45) is 0 Å². The number of rotatable bonds is 9. The zero-order chi connectivity index (χ0) is 13.2. The first kappa shape index (κ1) is 14.9. The van der Waals surface area contributed by atoms with Crippen LogP contribution >= 0.6 is 0 Å². The number of likely N-dealkylation sites (N-methyl/N-ethyl adjacent to an activating group) is 1. The van der Waals surface area contributed by atoms with Crippen LogP contribution < -0.4 is 10.1 Å². The van der Waals surface area contributed by atoms with Crippen molar-refractivity contribution in [2.45, 2.75) is 26.8 Å². The van der Waals surface area contributed by atoms with Gasteiger partial charge in [0.15, 0.2) is 0 Å². The predicted molar refractivity (Wildman–Crippen MR) is 74.9 cm³/mol. The zero-order valence-corrected chi connectivity index (χ0v) is 11.8. The molecule has 0 aromatic carbocycles. The van der Waals surface area contributed by atoms with Gasteiger partial charge in [-0.3, -0.25) is 0 Å². The van der Waals surface area contributed by atoms with Gasteiger partial charge in [-0.25, -0.2) is 4.98 Å². The molecule has 4 nitrogen and oxygen atoms in total. The molecule has 0 aliphatic heterocycles. The van der Waals surface area contributed by atoms with Crippen LogP contribution in [0.25, 0.3) is 0 Å². The van der Waals surface area contributed by atoms with E-state index in [1.54, 1.807) is 13.3 Å². The van der Waals surface area contributed by atoms with Crippen LogP contribution in [-0.2, 0) is 6.54 Å². The molecule has 0 saturated heterocycles. The van der Waals surface area contributed by atoms with Crippen molar-refractivity contribution in [1.29, 1.82) is 0 Å². The summed E-state index contributed by atoms with van der Waals surface area (Å²) in [5.74, 6) is 0.714. The third-order valence-corrected chi connectivity index (χ3v) is 2.95. The highest BCUT2D eigenvalue weighted by Crippen LogP contribution is 2.12. The Bertz CT molecular complexity index is 331. The van der Waals surface area contributed by atoms with E-state index in [1.807, 2.05) is 12.1 Å². The topological polar surface area (TPSA) is 37.4 Å². The van der Waals surface area contributed by atoms with Gasteiger partial charge in [-0.15, -0.1) is 0 Å². The minimum absolute atomic E-state index is 0.714. The summed E-state index contributed by atoms with van der Waals surface area (Å²) in [6, 6.07) is 3.98. The first-order valence-electron chi connectivity index (χ1n) is 6.72. The lowest BCUT2D eigenvalue weighted by molar-refractivity contribution is 0.287. The van der Waals surface area contributed by atoms with Gasteiger partial charge in [0.05, 0.1) is 7.11 Å². The Kier molecular flexibility index (Phi) is 7.37. The second-order valence-electron chi connectivity index (χ2n) is 4.28. The van der Waals surface area contributed by atoms with Gasteiger partial charge in [0, 0.05) is 31.4 Å². The molecule has 1 N–H and O–H groups in total. The summed E-state index contributed by atoms with van der Waals surface area (Å²) >= 11 is 0. The van der Waals surface area contributed by atoms with Crippen molar-refractivity contribution in [1.82, 2.24) is 15.2 Å². The normalized spacial score (nSPS) is 10.9. The average molecular weight is 251 g/mol. The first-order valence-corrected chi connectivity index (χ1v) is 6.72. The Labute approximate surface area is 110 Å². The highest BCUT2D eigenvalue weighted by atomic mass is 16.5. The number of methoxy groups -OCH3 is 1. The van der Waals surface area contributed by atoms with E-state index in [4.69, 9.17) is 4.74 Å². The molecule has 1 aromatic heterocycles. The van der Waals surface area contributed by atoms with Gasteiger partial charge in [-0.2, -0.15) is 0 Å². The highest BCUT2D eigenvalue weighted by Gasteiger charge is 2.03. The van der Waals surface area contributed by atoms with Crippen molar-refractivity contribution in [3.8, 4) is 5.88 Å². The molecule has 102 valence electrons. The van der Waals surface area contributed by atoms with Crippen LogP contribution in [0, 0.1) is 0 Å². The zero-order valence-electron chi connectivity index (χ0n) is 11.8. The molecule has 0 saturated carbocycles. The second kappa shape index (κ2) is 8.89. The average Bonchev–Trinajstić information content (AvgIpc) is 2.42. The Morgan fingerprint density at radius 1 is 1.33 bits per heavy atom. The number of aromatic nitrogens is 1. The molecule has 0 bridgehead atoms. The minimum atomic E-state index is 0.714. The van der Waals surface area contributed by atoms with Crippen molar-refractivity contribution in [3.63, 3.8) is 0 Å². The number of hydrogen-bond acceptors (Lipinski definition) is 4. The molecule has 18 heavy (non-hydrogen) atoms. The Morgan fingerprint density at radius 2 is 2.17 bits per heavy atom. The summed E-state index contributed by atoms with van der Waals surface area (Å²) in [6.45, 7) is 9.61. The van der Waals surface area contributed by atoms with Crippen molar-refractivity contribution in [3.05, 3.63) is 23.9 Å². The summed E-state index contributed by atoms with van der Waals surface area (Å²) in [5, 5.41) is 3.44. The third-order valence-electron chi connectivity index (χ3n) is 2.95. The molecule has 0 atom stereocenters. The summed E-state index contributed by atoms with van der Waals surface area (Å²) < 4.78 is 5.22. The minimum Gasteiger partial charge on any atom is -0.481 e. The maximum absolute atomic E-state index is 5.22. The molecular formula is C14H25N3O. The largest absolute Gasteiger partial charge is 0.481 e. The Balaban J connectivity index is 2.28. The first-order chi connectivity index (χ1) is 8.81. The van der Waals surface area contributed by atoms with E-state index in [0.717, 1.165) is 31.7 Å². The van der Waals surface area contributed by atoms with E-state index in [2.05, 4.69) is 29.0 Å². The number of nitrogens with one attached hydrogen (secondary N) is 1. The number of hydrogen-bond donors (Lipinski definition) is 1. The van der Waals surface area contributed by atoms with Crippen LogP contribution in [0.15, 0.2) is 18.3 Å². The van der Waals surface area contributed by atoms with Crippen LogP contribution in [0.1, 0.15) is 25.8 Å². The van der Waals surface area contributed by atoms with E-state index in [0.29, 0.717) is 5.88 Å². The molecule has 4 heteroatoms. The fraction of sp³-hybridized carbons (Fsp3) is 0.643. The lowest BCUT2D eigenvalue weighted by Crippen LogP contribution is -2.32. The molecule has 0 radical (unpaired) electrons. The lowest BCUT2D eigenvalue weighted by Gasteiger charge is -2.19. The van der Waals surface area contributed by atoms with Crippen LogP contribution in [0.4, 0.5) is 0 Å². The molecule has 1 aromatic rings. The lowest BCUT2D eigenvalue weighted by atomic mass is 10.2. The highest BCUT2D eigenvalue weighted by molar-refractivity contribution is 5.24. The summed E-state index contributed by atoms with van der Waals surface area (Å²) in [4.78, 5) is 6.64. The van der Waals surface area contributed by atoms with E-state index >= 15 is 0 Å². The van der Waals surface area contributed by atoms with Gasteiger partial charge in [-0.1, -0.05) is 19.9 Å². The van der Waals surface area contributed by atoms with Crippen LogP contribution in [0.3, 0.4) is 0 Å². The molecule has 0 spiro atoms. The van der Waals surface area contributed by atoms with E-state index in [9.17, 15) is 0 Å². The van der Waals surface area contributed by atoms with E-state index in [1.165, 1.54) is 13.0 Å². The van der Waals surface area contributed by atoms with Crippen molar-refractivity contribution in [2.75, 3.05) is 33.3 Å². The quantitative estimate of drug-likeness (QED) is 0.680. The third kappa shape index (κ3) is 5.02. The fourth-order valence-electron chi connectivity index (χ4n) is 1.95. The van der Waals surface area contributed by atoms with Gasteiger partial charge < -0.3 is 15.0 Å². The molecule has 1 rings (SSSR count). The van der Waals surface area contributed by atoms with Crippen LogP contribution in [-0.4, -0.2) is 43.2 Å². The Morgan fingerprint density at radius 3 is 2.83 bits per heavy atom. The predicted octanol–water partition coefficient (Wildman–Crippen LogP) is 1.91. The number of nitrogens with zero attached hydrogens (tertiary/aromatic N) is 2. The SMILES string of the molecule is CCCN(CC)CCNCc1cccnc1OC. The summed E-state index contributed by atoms with van der Waals surface area (Å²) in [5.41, 5.74) is 1.11. The monoisotopic (exact) mass is 251 g/mol. The van der Waals surface area contributed by atoms with Crippen molar-refractivity contribution >= 4 is 0 Å². The van der Waals surface area contributed by atoms with Gasteiger partial charge in [0.1, 0.15) is 0 Å². The standard InChI is InChI=1S/C14H25N3O/c1-4-10-17(5-2)11-9-15-12-13-7-6-8-16-14(13)18-3/h6-8,15H,4-5,9-12H2,1-3H3. The molecule has 0 unspecified atom stereocenters. The van der Waals surface area contributed by atoms with Crippen molar-refractivity contribution < 1.29 is 4.74 Å². The maximum atomic E-state index is 5.22. The fourth-order valence-corrected chi connectivity index (χ4v) is 1.95. The van der Waals surface area contributed by atoms with Gasteiger partial charge in [0.25, 0.3) is 0 Å². The molecule has 0 amide bonds. The summed E-state index contributed by atoms with van der Waals surface area (Å²) in [6.07, 6.45) is 2.96. The summed E-state index contributed by atoms with van der Waals surface area (Å²) in [7, 11) is 1.66.